The van der Waals surface area contributed by atoms with Crippen molar-refractivity contribution >= 4 is 28.9 Å². The van der Waals surface area contributed by atoms with Crippen molar-refractivity contribution in [2.45, 2.75) is 0 Å². The lowest BCUT2D eigenvalue weighted by molar-refractivity contribution is 1.33. The average molecular weight is 239 g/mol. The molecule has 0 amide bonds. The van der Waals surface area contributed by atoms with Crippen LogP contribution < -0.4 is 5.73 Å². The van der Waals surface area contributed by atoms with E-state index in [-0.39, 0.29) is 0 Å². The molecule has 0 fully saturated rings. The minimum Gasteiger partial charge on any atom is -0.399 e. The molecule has 15 heavy (non-hydrogen) atoms. The molecule has 0 bridgehead atoms. The predicted octanol–water partition coefficient (Wildman–Crippen LogP) is 3.64. The Bertz CT molecular complexity index is 498. The fourth-order valence-electron chi connectivity index (χ4n) is 1.26. The van der Waals surface area contributed by atoms with Crippen LogP contribution in [-0.4, -0.2) is 4.98 Å². The van der Waals surface area contributed by atoms with Gasteiger partial charge in [-0.3, -0.25) is 4.98 Å². The number of aromatic nitrogens is 1. The Morgan fingerprint density at radius 1 is 1.00 bits per heavy atom. The highest BCUT2D eigenvalue weighted by atomic mass is 35.5. The summed E-state index contributed by atoms with van der Waals surface area (Å²) >= 11 is 11.7. The molecule has 1 heterocycles. The maximum absolute atomic E-state index is 5.91. The zero-order valence-electron chi connectivity index (χ0n) is 7.74. The van der Waals surface area contributed by atoms with Crippen LogP contribution in [-0.2, 0) is 0 Å². The molecule has 76 valence electrons. The summed E-state index contributed by atoms with van der Waals surface area (Å²) in [4.78, 5) is 4.20. The van der Waals surface area contributed by atoms with Crippen molar-refractivity contribution < 1.29 is 0 Å². The third-order valence-corrected chi connectivity index (χ3v) is 2.74. The van der Waals surface area contributed by atoms with Gasteiger partial charge in [0.25, 0.3) is 0 Å². The normalized spacial score (nSPS) is 10.3. The number of hydrogen-bond acceptors (Lipinski definition) is 2. The van der Waals surface area contributed by atoms with E-state index in [1.807, 2.05) is 6.07 Å². The summed E-state index contributed by atoms with van der Waals surface area (Å²) in [6.45, 7) is 0. The summed E-state index contributed by atoms with van der Waals surface area (Å²) in [5.41, 5.74) is 8.02. The highest BCUT2D eigenvalue weighted by molar-refractivity contribution is 6.42. The first kappa shape index (κ1) is 10.3. The highest BCUT2D eigenvalue weighted by Crippen LogP contribution is 2.27. The summed E-state index contributed by atoms with van der Waals surface area (Å²) in [6.07, 6.45) is 1.66. The van der Waals surface area contributed by atoms with Gasteiger partial charge in [0.2, 0.25) is 0 Å². The van der Waals surface area contributed by atoms with Crippen LogP contribution in [0, 0.1) is 0 Å². The van der Waals surface area contributed by atoms with Gasteiger partial charge in [0.15, 0.2) is 0 Å². The molecule has 0 saturated heterocycles. The molecule has 1 aromatic heterocycles. The first-order valence-electron chi connectivity index (χ1n) is 4.34. The molecule has 2 nitrogen and oxygen atoms in total. The van der Waals surface area contributed by atoms with Crippen LogP contribution in [0.25, 0.3) is 11.3 Å². The van der Waals surface area contributed by atoms with Crippen molar-refractivity contribution in [1.29, 1.82) is 0 Å². The van der Waals surface area contributed by atoms with Gasteiger partial charge in [-0.2, -0.15) is 0 Å². The Morgan fingerprint density at radius 3 is 2.47 bits per heavy atom. The molecule has 0 aliphatic carbocycles. The van der Waals surface area contributed by atoms with Crippen molar-refractivity contribution in [2.24, 2.45) is 0 Å². The maximum atomic E-state index is 5.91. The van der Waals surface area contributed by atoms with Crippen LogP contribution in [0.1, 0.15) is 0 Å². The molecule has 0 unspecified atom stereocenters. The topological polar surface area (TPSA) is 38.9 Å². The molecular formula is C11H8Cl2N2. The molecular weight excluding hydrogens is 231 g/mol. The van der Waals surface area contributed by atoms with E-state index in [1.165, 1.54) is 0 Å². The molecule has 0 saturated carbocycles. The number of nitrogens with two attached hydrogens (primary N) is 1. The maximum Gasteiger partial charge on any atom is 0.0722 e. The first-order chi connectivity index (χ1) is 7.16. The lowest BCUT2D eigenvalue weighted by Gasteiger charge is -2.03. The number of nitrogens with zero attached hydrogens (tertiary/aromatic N) is 1. The zero-order chi connectivity index (χ0) is 10.8. The molecule has 0 spiro atoms. The molecule has 0 radical (unpaired) electrons. The van der Waals surface area contributed by atoms with E-state index in [9.17, 15) is 0 Å². The zero-order valence-corrected chi connectivity index (χ0v) is 9.26. The average Bonchev–Trinajstić information content (AvgIpc) is 2.22. The lowest BCUT2D eigenvalue weighted by Crippen LogP contribution is -1.88. The van der Waals surface area contributed by atoms with Crippen molar-refractivity contribution in [1.82, 2.24) is 4.98 Å². The van der Waals surface area contributed by atoms with Crippen LogP contribution in [0.4, 0.5) is 5.69 Å². The molecule has 1 aromatic carbocycles. The third-order valence-electron chi connectivity index (χ3n) is 2.00. The smallest absolute Gasteiger partial charge is 0.0722 e. The summed E-state index contributed by atoms with van der Waals surface area (Å²) in [6, 6.07) is 8.90. The second-order valence-electron chi connectivity index (χ2n) is 3.10. The molecule has 2 rings (SSSR count). The van der Waals surface area contributed by atoms with E-state index < -0.39 is 0 Å². The second kappa shape index (κ2) is 4.09. The quantitative estimate of drug-likeness (QED) is 0.825. The predicted molar refractivity (Wildman–Crippen MR) is 64.1 cm³/mol. The van der Waals surface area contributed by atoms with Gasteiger partial charge in [0, 0.05) is 17.4 Å². The number of hydrogen-bond donors (Lipinski definition) is 1. The Hall–Kier alpha value is -1.25. The monoisotopic (exact) mass is 238 g/mol. The number of halogens is 2. The molecule has 0 aliphatic heterocycles. The van der Waals surface area contributed by atoms with Crippen LogP contribution in [0.5, 0.6) is 0 Å². The number of rotatable bonds is 1. The Labute approximate surface area is 97.7 Å². The van der Waals surface area contributed by atoms with Gasteiger partial charge in [-0.25, -0.2) is 0 Å². The van der Waals surface area contributed by atoms with E-state index in [0.717, 1.165) is 11.3 Å². The van der Waals surface area contributed by atoms with Gasteiger partial charge in [-0.15, -0.1) is 0 Å². The minimum absolute atomic E-state index is 0.512. The number of anilines is 1. The third kappa shape index (κ3) is 2.22. The largest absolute Gasteiger partial charge is 0.399 e. The van der Waals surface area contributed by atoms with Crippen molar-refractivity contribution in [3.63, 3.8) is 0 Å². The van der Waals surface area contributed by atoms with Gasteiger partial charge >= 0.3 is 0 Å². The van der Waals surface area contributed by atoms with Crippen molar-refractivity contribution in [3.8, 4) is 11.3 Å². The number of pyridine rings is 1. The highest BCUT2D eigenvalue weighted by Gasteiger charge is 2.03. The minimum atomic E-state index is 0.512. The van der Waals surface area contributed by atoms with E-state index in [4.69, 9.17) is 28.9 Å². The fourth-order valence-corrected chi connectivity index (χ4v) is 1.56. The fraction of sp³-hybridized carbons (Fsp3) is 0. The summed E-state index contributed by atoms with van der Waals surface area (Å²) < 4.78 is 0. The SMILES string of the molecule is Nc1ccnc(-c2ccc(Cl)c(Cl)c2)c1. The Kier molecular flexibility index (Phi) is 2.80. The summed E-state index contributed by atoms with van der Waals surface area (Å²) in [7, 11) is 0. The van der Waals surface area contributed by atoms with Crippen molar-refractivity contribution in [3.05, 3.63) is 46.6 Å². The van der Waals surface area contributed by atoms with Gasteiger partial charge in [-0.1, -0.05) is 29.3 Å². The van der Waals surface area contributed by atoms with Crippen LogP contribution in [0.3, 0.4) is 0 Å². The van der Waals surface area contributed by atoms with E-state index in [1.54, 1.807) is 30.5 Å². The molecule has 2 N–H and O–H groups in total. The first-order valence-corrected chi connectivity index (χ1v) is 5.09. The lowest BCUT2D eigenvalue weighted by atomic mass is 10.1. The molecule has 0 aliphatic rings. The van der Waals surface area contributed by atoms with Gasteiger partial charge in [-0.05, 0) is 24.3 Å². The summed E-state index contributed by atoms with van der Waals surface area (Å²) in [5, 5.41) is 1.04. The summed E-state index contributed by atoms with van der Waals surface area (Å²) in [5.74, 6) is 0. The standard InChI is InChI=1S/C11H8Cl2N2/c12-9-2-1-7(5-10(9)13)11-6-8(14)3-4-15-11/h1-6H,(H2,14,15). The molecule has 4 heteroatoms. The van der Waals surface area contributed by atoms with Crippen LogP contribution >= 0.6 is 23.2 Å². The Morgan fingerprint density at radius 2 is 1.80 bits per heavy atom. The number of nitrogen functional groups attached to an aromatic ring is 1. The number of benzene rings is 1. The van der Waals surface area contributed by atoms with Crippen LogP contribution in [0.15, 0.2) is 36.5 Å². The van der Waals surface area contributed by atoms with Gasteiger partial charge < -0.3 is 5.73 Å². The second-order valence-corrected chi connectivity index (χ2v) is 3.92. The van der Waals surface area contributed by atoms with E-state index in [2.05, 4.69) is 4.98 Å². The van der Waals surface area contributed by atoms with E-state index >= 15 is 0 Å². The van der Waals surface area contributed by atoms with Gasteiger partial charge in [0.1, 0.15) is 0 Å². The molecule has 0 atom stereocenters. The van der Waals surface area contributed by atoms with Gasteiger partial charge in [0.05, 0.1) is 15.7 Å². The molecule has 2 aromatic rings. The van der Waals surface area contributed by atoms with Crippen molar-refractivity contribution in [2.75, 3.05) is 5.73 Å². The van der Waals surface area contributed by atoms with E-state index in [0.29, 0.717) is 15.7 Å². The Balaban J connectivity index is 2.50. The van der Waals surface area contributed by atoms with Crippen LogP contribution in [0.2, 0.25) is 10.0 Å².